The summed E-state index contributed by atoms with van der Waals surface area (Å²) in [5, 5.41) is 39.1. The number of anilines is 1. The minimum absolute atomic E-state index is 0.143. The Balaban J connectivity index is 2.06. The number of nitrogens with two attached hydrogens (primary N) is 1. The van der Waals surface area contributed by atoms with Gasteiger partial charge in [-0.15, -0.1) is 15.0 Å². The number of phenols is 1. The SMILES string of the molecule is Cc1cc(N/N=C(\C#N)C(=N)N)c(O)c(-n2nc3ccccc3n2)c1. The van der Waals surface area contributed by atoms with Gasteiger partial charge in [0.2, 0.25) is 5.71 Å². The molecule has 9 heteroatoms. The molecule has 0 radical (unpaired) electrons. The van der Waals surface area contributed by atoms with Gasteiger partial charge in [0.15, 0.2) is 11.6 Å². The lowest BCUT2D eigenvalue weighted by molar-refractivity contribution is 0.469. The van der Waals surface area contributed by atoms with Crippen molar-refractivity contribution in [1.29, 1.82) is 10.7 Å². The van der Waals surface area contributed by atoms with Crippen LogP contribution in [0.2, 0.25) is 0 Å². The molecule has 0 amide bonds. The maximum absolute atomic E-state index is 10.5. The average molecular weight is 334 g/mol. The van der Waals surface area contributed by atoms with E-state index in [9.17, 15) is 5.11 Å². The summed E-state index contributed by atoms with van der Waals surface area (Å²) in [4.78, 5) is 1.33. The van der Waals surface area contributed by atoms with Crippen LogP contribution in [0.25, 0.3) is 16.7 Å². The summed E-state index contributed by atoms with van der Waals surface area (Å²) in [5.74, 6) is -0.613. The van der Waals surface area contributed by atoms with Gasteiger partial charge in [0.25, 0.3) is 0 Å². The molecule has 0 aliphatic rings. The van der Waals surface area contributed by atoms with Gasteiger partial charge in [0.1, 0.15) is 28.5 Å². The fourth-order valence-corrected chi connectivity index (χ4v) is 2.23. The summed E-state index contributed by atoms with van der Waals surface area (Å²) in [6, 6.07) is 12.4. The Kier molecular flexibility index (Phi) is 4.01. The van der Waals surface area contributed by atoms with Gasteiger partial charge in [0, 0.05) is 0 Å². The number of amidine groups is 1. The number of nitriles is 1. The number of rotatable bonds is 4. The lowest BCUT2D eigenvalue weighted by Gasteiger charge is -2.10. The van der Waals surface area contributed by atoms with Gasteiger partial charge in [0.05, 0.1) is 0 Å². The summed E-state index contributed by atoms with van der Waals surface area (Å²) >= 11 is 0. The number of hydrazone groups is 1. The third-order valence-electron chi connectivity index (χ3n) is 3.39. The topological polar surface area (TPSA) is 149 Å². The molecule has 3 rings (SSSR count). The van der Waals surface area contributed by atoms with Crippen molar-refractivity contribution >= 4 is 28.3 Å². The van der Waals surface area contributed by atoms with E-state index >= 15 is 0 Å². The molecule has 124 valence electrons. The van der Waals surface area contributed by atoms with E-state index in [1.54, 1.807) is 18.2 Å². The first-order valence-electron chi connectivity index (χ1n) is 7.24. The second-order valence-corrected chi connectivity index (χ2v) is 5.26. The standard InChI is InChI=1S/C16H14N8O/c1-9-6-12(20-21-13(8-17)16(18)19)15(25)14(7-9)24-22-10-4-2-3-5-11(10)23-24/h2-7,20,25H,1H3,(H3,18,19)/b21-13+. The number of fused-ring (bicyclic) bond motifs is 1. The number of aromatic hydroxyl groups is 1. The fourth-order valence-electron chi connectivity index (χ4n) is 2.23. The largest absolute Gasteiger partial charge is 0.504 e. The number of aryl methyl sites for hydroxylation is 1. The monoisotopic (exact) mass is 334 g/mol. The van der Waals surface area contributed by atoms with Crippen molar-refractivity contribution in [2.45, 2.75) is 6.92 Å². The van der Waals surface area contributed by atoms with Crippen molar-refractivity contribution in [2.24, 2.45) is 10.8 Å². The van der Waals surface area contributed by atoms with E-state index in [-0.39, 0.29) is 17.1 Å². The van der Waals surface area contributed by atoms with Gasteiger partial charge >= 0.3 is 0 Å². The quantitative estimate of drug-likeness (QED) is 0.247. The molecule has 2 aromatic carbocycles. The molecular formula is C16H14N8O. The molecule has 0 saturated carbocycles. The number of aromatic nitrogens is 3. The molecular weight excluding hydrogens is 320 g/mol. The normalized spacial score (nSPS) is 11.3. The first-order chi connectivity index (χ1) is 12.0. The maximum atomic E-state index is 10.5. The first kappa shape index (κ1) is 15.9. The Hall–Kier alpha value is -3.93. The van der Waals surface area contributed by atoms with Crippen molar-refractivity contribution < 1.29 is 5.11 Å². The van der Waals surface area contributed by atoms with Crippen LogP contribution >= 0.6 is 0 Å². The van der Waals surface area contributed by atoms with Crippen LogP contribution in [0, 0.1) is 23.7 Å². The predicted molar refractivity (Wildman–Crippen MR) is 93.9 cm³/mol. The second-order valence-electron chi connectivity index (χ2n) is 5.26. The number of nitrogens with one attached hydrogen (secondary N) is 2. The molecule has 0 bridgehead atoms. The molecule has 0 spiro atoms. The first-order valence-corrected chi connectivity index (χ1v) is 7.24. The highest BCUT2D eigenvalue weighted by Gasteiger charge is 2.14. The molecule has 9 nitrogen and oxygen atoms in total. The lowest BCUT2D eigenvalue weighted by Crippen LogP contribution is -2.21. The van der Waals surface area contributed by atoms with E-state index in [1.807, 2.05) is 31.2 Å². The van der Waals surface area contributed by atoms with Crippen LogP contribution in [0.1, 0.15) is 5.56 Å². The lowest BCUT2D eigenvalue weighted by atomic mass is 10.2. The van der Waals surface area contributed by atoms with Crippen LogP contribution in [-0.2, 0) is 0 Å². The average Bonchev–Trinajstić information content (AvgIpc) is 3.01. The zero-order valence-corrected chi connectivity index (χ0v) is 13.2. The number of hydrogen-bond donors (Lipinski definition) is 4. The van der Waals surface area contributed by atoms with E-state index in [0.29, 0.717) is 16.7 Å². The highest BCUT2D eigenvalue weighted by Crippen LogP contribution is 2.32. The summed E-state index contributed by atoms with van der Waals surface area (Å²) in [6.07, 6.45) is 0. The Bertz CT molecular complexity index is 1010. The maximum Gasteiger partial charge on any atom is 0.201 e. The third kappa shape index (κ3) is 3.09. The zero-order chi connectivity index (χ0) is 18.0. The van der Waals surface area contributed by atoms with E-state index < -0.39 is 5.84 Å². The van der Waals surface area contributed by atoms with Gasteiger partial charge in [-0.1, -0.05) is 12.1 Å². The molecule has 0 atom stereocenters. The van der Waals surface area contributed by atoms with E-state index in [4.69, 9.17) is 16.4 Å². The fraction of sp³-hybridized carbons (Fsp3) is 0.0625. The molecule has 3 aromatic rings. The highest BCUT2D eigenvalue weighted by molar-refractivity contribution is 6.45. The summed E-state index contributed by atoms with van der Waals surface area (Å²) in [7, 11) is 0. The number of benzene rings is 2. The van der Waals surface area contributed by atoms with Crippen molar-refractivity contribution in [3.05, 3.63) is 42.0 Å². The van der Waals surface area contributed by atoms with Crippen molar-refractivity contribution in [3.63, 3.8) is 0 Å². The van der Waals surface area contributed by atoms with E-state index in [0.717, 1.165) is 5.56 Å². The van der Waals surface area contributed by atoms with Crippen LogP contribution < -0.4 is 11.2 Å². The summed E-state index contributed by atoms with van der Waals surface area (Å²) in [5.41, 5.74) is 10.3. The second kappa shape index (κ2) is 6.29. The molecule has 0 saturated heterocycles. The minimum atomic E-state index is -0.470. The van der Waals surface area contributed by atoms with Gasteiger partial charge in [-0.25, -0.2) is 0 Å². The molecule has 1 heterocycles. The van der Waals surface area contributed by atoms with Crippen molar-refractivity contribution in [3.8, 4) is 17.5 Å². The van der Waals surface area contributed by atoms with Gasteiger partial charge in [-0.2, -0.15) is 10.4 Å². The van der Waals surface area contributed by atoms with Gasteiger partial charge in [-0.05, 0) is 36.8 Å². The molecule has 5 N–H and O–H groups in total. The molecule has 0 fully saturated rings. The van der Waals surface area contributed by atoms with Crippen molar-refractivity contribution in [1.82, 2.24) is 15.0 Å². The van der Waals surface area contributed by atoms with Crippen LogP contribution in [0.15, 0.2) is 41.5 Å². The zero-order valence-electron chi connectivity index (χ0n) is 13.2. The Morgan fingerprint density at radius 2 is 1.96 bits per heavy atom. The molecule has 25 heavy (non-hydrogen) atoms. The number of hydrogen-bond acceptors (Lipinski definition) is 7. The number of nitrogens with zero attached hydrogens (tertiary/aromatic N) is 5. The Morgan fingerprint density at radius 1 is 1.32 bits per heavy atom. The van der Waals surface area contributed by atoms with Crippen LogP contribution in [-0.4, -0.2) is 31.6 Å². The summed E-state index contributed by atoms with van der Waals surface area (Å²) in [6.45, 7) is 1.83. The van der Waals surface area contributed by atoms with E-state index in [1.165, 1.54) is 4.80 Å². The molecule has 0 aliphatic heterocycles. The van der Waals surface area contributed by atoms with Crippen LogP contribution in [0.3, 0.4) is 0 Å². The third-order valence-corrected chi connectivity index (χ3v) is 3.39. The van der Waals surface area contributed by atoms with E-state index in [2.05, 4.69) is 20.7 Å². The van der Waals surface area contributed by atoms with Crippen LogP contribution in [0.4, 0.5) is 5.69 Å². The Morgan fingerprint density at radius 3 is 2.52 bits per heavy atom. The molecule has 1 aromatic heterocycles. The van der Waals surface area contributed by atoms with Gasteiger partial charge in [-0.3, -0.25) is 10.8 Å². The van der Waals surface area contributed by atoms with Gasteiger partial charge < -0.3 is 10.8 Å². The molecule has 0 aliphatic carbocycles. The predicted octanol–water partition coefficient (Wildman–Crippen LogP) is 1.66. The van der Waals surface area contributed by atoms with Crippen LogP contribution in [0.5, 0.6) is 5.75 Å². The highest BCUT2D eigenvalue weighted by atomic mass is 16.3. The Labute approximate surface area is 142 Å². The minimum Gasteiger partial charge on any atom is -0.504 e. The number of phenolic OH excluding ortho intramolecular Hbond substituents is 1. The summed E-state index contributed by atoms with van der Waals surface area (Å²) < 4.78 is 0. The van der Waals surface area contributed by atoms with Crippen molar-refractivity contribution in [2.75, 3.05) is 5.43 Å². The smallest absolute Gasteiger partial charge is 0.201 e. The molecule has 0 unspecified atom stereocenters.